The second-order valence-electron chi connectivity index (χ2n) is 7.15. The molecule has 2 N–H and O–H groups in total. The van der Waals surface area contributed by atoms with Crippen LogP contribution >= 0.6 is 0 Å². The van der Waals surface area contributed by atoms with Gasteiger partial charge in [0.1, 0.15) is 0 Å². The number of carbonyl (C=O) groups is 1. The fourth-order valence-electron chi connectivity index (χ4n) is 3.40. The largest absolute Gasteiger partial charge is 0.381 e. The molecule has 2 heterocycles. The van der Waals surface area contributed by atoms with E-state index in [0.29, 0.717) is 12.5 Å². The van der Waals surface area contributed by atoms with Crippen molar-refractivity contribution in [2.45, 2.75) is 12.5 Å². The van der Waals surface area contributed by atoms with Gasteiger partial charge >= 0.3 is 6.03 Å². The topological polar surface area (TPSA) is 56.8 Å². The van der Waals surface area contributed by atoms with Crippen molar-refractivity contribution in [3.63, 3.8) is 0 Å². The minimum atomic E-state index is -0.0881. The number of ether oxygens (including phenoxy) is 1. The molecule has 2 aliphatic rings. The molecule has 0 saturated carbocycles. The second-order valence-corrected chi connectivity index (χ2v) is 7.15. The Hall–Kier alpha value is -1.63. The zero-order chi connectivity index (χ0) is 17.5. The Morgan fingerprint density at radius 2 is 2.00 bits per heavy atom. The average molecular weight is 346 g/mol. The van der Waals surface area contributed by atoms with Crippen molar-refractivity contribution in [3.05, 3.63) is 35.9 Å². The van der Waals surface area contributed by atoms with Gasteiger partial charge in [0.25, 0.3) is 0 Å². The van der Waals surface area contributed by atoms with Crippen LogP contribution in [0.4, 0.5) is 4.79 Å². The summed E-state index contributed by atoms with van der Waals surface area (Å²) in [6.45, 7) is 7.34. The van der Waals surface area contributed by atoms with Crippen molar-refractivity contribution in [3.8, 4) is 0 Å². The van der Waals surface area contributed by atoms with Crippen molar-refractivity contribution in [1.29, 1.82) is 0 Å². The highest BCUT2D eigenvalue weighted by Crippen LogP contribution is 2.16. The molecule has 0 bridgehead atoms. The lowest BCUT2D eigenvalue weighted by Crippen LogP contribution is -2.49. The van der Waals surface area contributed by atoms with Crippen LogP contribution in [-0.4, -0.2) is 75.4 Å². The molecule has 2 amide bonds. The number of carbonyl (C=O) groups excluding carboxylic acids is 1. The summed E-state index contributed by atoms with van der Waals surface area (Å²) in [6, 6.07) is 10.2. The lowest BCUT2D eigenvalue weighted by molar-refractivity contribution is 0.142. The molecule has 0 aromatic heterocycles. The van der Waals surface area contributed by atoms with Crippen LogP contribution in [0.2, 0.25) is 0 Å². The van der Waals surface area contributed by atoms with Gasteiger partial charge in [0.15, 0.2) is 0 Å². The highest BCUT2D eigenvalue weighted by atomic mass is 16.5. The highest BCUT2D eigenvalue weighted by Gasteiger charge is 2.22. The van der Waals surface area contributed by atoms with Crippen molar-refractivity contribution in [2.24, 2.45) is 5.92 Å². The Bertz CT molecular complexity index is 525. The normalized spacial score (nSPS) is 23.3. The molecule has 0 aliphatic carbocycles. The third kappa shape index (κ3) is 5.70. The molecule has 2 aliphatic heterocycles. The van der Waals surface area contributed by atoms with Crippen molar-refractivity contribution in [1.82, 2.24) is 20.4 Å². The number of amides is 2. The van der Waals surface area contributed by atoms with E-state index in [9.17, 15) is 4.79 Å². The smallest absolute Gasteiger partial charge is 0.315 e. The van der Waals surface area contributed by atoms with E-state index in [1.807, 2.05) is 18.2 Å². The molecule has 3 rings (SSSR count). The van der Waals surface area contributed by atoms with Gasteiger partial charge in [0, 0.05) is 51.8 Å². The number of rotatable bonds is 6. The van der Waals surface area contributed by atoms with Gasteiger partial charge in [-0.2, -0.15) is 0 Å². The zero-order valence-electron chi connectivity index (χ0n) is 15.1. The van der Waals surface area contributed by atoms with Gasteiger partial charge in [-0.05, 0) is 19.0 Å². The second kappa shape index (κ2) is 9.17. The molecule has 138 valence electrons. The molecule has 6 nitrogen and oxygen atoms in total. The maximum atomic E-state index is 12.4. The summed E-state index contributed by atoms with van der Waals surface area (Å²) in [5.41, 5.74) is 1.15. The van der Waals surface area contributed by atoms with E-state index < -0.39 is 0 Å². The average Bonchev–Trinajstić information content (AvgIpc) is 3.16. The summed E-state index contributed by atoms with van der Waals surface area (Å²) in [5.74, 6) is 0.443. The Kier molecular flexibility index (Phi) is 6.67. The predicted molar refractivity (Wildman–Crippen MR) is 98.6 cm³/mol. The number of likely N-dealkylation sites (N-methyl/N-ethyl adjacent to an activating group) is 1. The molecular formula is C19H30N4O2. The summed E-state index contributed by atoms with van der Waals surface area (Å²) in [5, 5.41) is 6.18. The fraction of sp³-hybridized carbons (Fsp3) is 0.632. The molecule has 6 heteroatoms. The third-order valence-electron chi connectivity index (χ3n) is 5.12. The van der Waals surface area contributed by atoms with Crippen molar-refractivity contribution >= 4 is 6.03 Å². The molecule has 0 unspecified atom stereocenters. The van der Waals surface area contributed by atoms with Gasteiger partial charge in [-0.15, -0.1) is 0 Å². The lowest BCUT2D eigenvalue weighted by Gasteiger charge is -2.35. The molecule has 2 fully saturated rings. The van der Waals surface area contributed by atoms with Crippen LogP contribution in [-0.2, 0) is 4.74 Å². The van der Waals surface area contributed by atoms with Crippen LogP contribution in [0.1, 0.15) is 18.0 Å². The Labute approximate surface area is 150 Å². The quantitative estimate of drug-likeness (QED) is 0.815. The van der Waals surface area contributed by atoms with Gasteiger partial charge in [0.2, 0.25) is 0 Å². The van der Waals surface area contributed by atoms with Crippen molar-refractivity contribution in [2.75, 3.05) is 59.5 Å². The van der Waals surface area contributed by atoms with Crippen LogP contribution in [0.3, 0.4) is 0 Å². The fourth-order valence-corrected chi connectivity index (χ4v) is 3.40. The molecule has 1 aromatic carbocycles. The Morgan fingerprint density at radius 1 is 1.24 bits per heavy atom. The first-order chi connectivity index (χ1) is 12.2. The summed E-state index contributed by atoms with van der Waals surface area (Å²) < 4.78 is 5.37. The van der Waals surface area contributed by atoms with E-state index in [1.54, 1.807) is 0 Å². The molecule has 0 spiro atoms. The number of urea groups is 1. The maximum absolute atomic E-state index is 12.4. The van der Waals surface area contributed by atoms with Gasteiger partial charge in [-0.1, -0.05) is 30.3 Å². The Balaban J connectivity index is 1.55. The summed E-state index contributed by atoms with van der Waals surface area (Å²) in [4.78, 5) is 17.2. The van der Waals surface area contributed by atoms with Gasteiger partial charge in [-0.3, -0.25) is 4.90 Å². The summed E-state index contributed by atoms with van der Waals surface area (Å²) >= 11 is 0. The standard InChI is InChI=1S/C19H30N4O2/c1-22-8-10-23(11-9-22)14-18(17-5-3-2-4-6-17)21-19(24)20-13-16-7-12-25-15-16/h2-6,16,18H,7-15H2,1H3,(H2,20,21,24)/t16-,18-/m1/s1. The van der Waals surface area contributed by atoms with E-state index >= 15 is 0 Å². The minimum Gasteiger partial charge on any atom is -0.381 e. The van der Waals surface area contributed by atoms with Crippen LogP contribution in [0.15, 0.2) is 30.3 Å². The number of piperazine rings is 1. The van der Waals surface area contributed by atoms with E-state index in [1.165, 1.54) is 0 Å². The first-order valence-corrected chi connectivity index (χ1v) is 9.28. The first kappa shape index (κ1) is 18.2. The Morgan fingerprint density at radius 3 is 2.68 bits per heavy atom. The molecule has 25 heavy (non-hydrogen) atoms. The summed E-state index contributed by atoms with van der Waals surface area (Å²) in [7, 11) is 2.16. The highest BCUT2D eigenvalue weighted by molar-refractivity contribution is 5.74. The number of hydrogen-bond donors (Lipinski definition) is 2. The number of benzene rings is 1. The van der Waals surface area contributed by atoms with E-state index in [4.69, 9.17) is 4.74 Å². The van der Waals surface area contributed by atoms with Crippen LogP contribution < -0.4 is 10.6 Å². The van der Waals surface area contributed by atoms with Crippen molar-refractivity contribution < 1.29 is 9.53 Å². The summed E-state index contributed by atoms with van der Waals surface area (Å²) in [6.07, 6.45) is 1.03. The van der Waals surface area contributed by atoms with Gasteiger partial charge < -0.3 is 20.3 Å². The molecule has 2 saturated heterocycles. The molecule has 2 atom stereocenters. The van der Waals surface area contributed by atoms with E-state index in [-0.39, 0.29) is 12.1 Å². The minimum absolute atomic E-state index is 0.00411. The maximum Gasteiger partial charge on any atom is 0.315 e. The number of nitrogens with one attached hydrogen (secondary N) is 2. The first-order valence-electron chi connectivity index (χ1n) is 9.28. The van der Waals surface area contributed by atoms with Crippen LogP contribution in [0.25, 0.3) is 0 Å². The molecular weight excluding hydrogens is 316 g/mol. The molecule has 1 aromatic rings. The zero-order valence-corrected chi connectivity index (χ0v) is 15.1. The van der Waals surface area contributed by atoms with Gasteiger partial charge in [0.05, 0.1) is 12.6 Å². The van der Waals surface area contributed by atoms with E-state index in [0.717, 1.165) is 57.9 Å². The lowest BCUT2D eigenvalue weighted by atomic mass is 10.1. The molecule has 0 radical (unpaired) electrons. The number of nitrogens with zero attached hydrogens (tertiary/aromatic N) is 2. The predicted octanol–water partition coefficient (Wildman–Crippen LogP) is 1.31. The van der Waals surface area contributed by atoms with E-state index in [2.05, 4.69) is 39.6 Å². The number of hydrogen-bond acceptors (Lipinski definition) is 4. The van der Waals surface area contributed by atoms with Crippen LogP contribution in [0, 0.1) is 5.92 Å². The monoisotopic (exact) mass is 346 g/mol. The van der Waals surface area contributed by atoms with Crippen LogP contribution in [0.5, 0.6) is 0 Å². The SMILES string of the molecule is CN1CCN(C[C@@H](NC(=O)NC[C@H]2CCOC2)c2ccccc2)CC1. The van der Waals surface area contributed by atoms with Gasteiger partial charge in [-0.25, -0.2) is 4.79 Å². The third-order valence-corrected chi connectivity index (χ3v) is 5.12.